The van der Waals surface area contributed by atoms with Crippen LogP contribution in [0.25, 0.3) is 0 Å². The summed E-state index contributed by atoms with van der Waals surface area (Å²) in [6.07, 6.45) is 1.89. The first-order valence-electron chi connectivity index (χ1n) is 6.77. The number of amides is 1. The van der Waals surface area contributed by atoms with Crippen LogP contribution in [0.2, 0.25) is 0 Å². The number of anilines is 1. The van der Waals surface area contributed by atoms with Crippen LogP contribution in [-0.2, 0) is 9.53 Å². The summed E-state index contributed by atoms with van der Waals surface area (Å²) < 4.78 is 5.06. The summed E-state index contributed by atoms with van der Waals surface area (Å²) >= 11 is 1.46. The van der Waals surface area contributed by atoms with E-state index in [1.807, 2.05) is 37.4 Å². The number of nitrogens with one attached hydrogen (secondary N) is 1. The predicted octanol–water partition coefficient (Wildman–Crippen LogP) is 3.51. The van der Waals surface area contributed by atoms with Crippen LogP contribution in [0.3, 0.4) is 0 Å². The summed E-state index contributed by atoms with van der Waals surface area (Å²) in [5.41, 5.74) is 2.26. The van der Waals surface area contributed by atoms with Gasteiger partial charge < -0.3 is 10.1 Å². The minimum atomic E-state index is -0.496. The van der Waals surface area contributed by atoms with Crippen molar-refractivity contribution in [2.75, 3.05) is 18.2 Å². The van der Waals surface area contributed by atoms with E-state index in [0.29, 0.717) is 11.3 Å². The third-order valence-corrected chi connectivity index (χ3v) is 3.79. The number of hydrogen-bond donors (Lipinski definition) is 1. The second-order valence-electron chi connectivity index (χ2n) is 4.69. The van der Waals surface area contributed by atoms with Crippen LogP contribution < -0.4 is 5.32 Å². The molecule has 0 atom stereocenters. The van der Waals surface area contributed by atoms with Crippen molar-refractivity contribution in [1.29, 1.82) is 0 Å². The summed E-state index contributed by atoms with van der Waals surface area (Å²) in [6.45, 7) is 1.66. The Hall–Kier alpha value is -2.27. The van der Waals surface area contributed by atoms with Crippen molar-refractivity contribution in [3.05, 3.63) is 59.7 Å². The van der Waals surface area contributed by atoms with Crippen molar-refractivity contribution < 1.29 is 14.3 Å². The van der Waals surface area contributed by atoms with Crippen LogP contribution >= 0.6 is 11.8 Å². The zero-order valence-electron chi connectivity index (χ0n) is 12.5. The van der Waals surface area contributed by atoms with E-state index in [9.17, 15) is 9.59 Å². The number of hydrogen-bond acceptors (Lipinski definition) is 4. The lowest BCUT2D eigenvalue weighted by molar-refractivity contribution is -0.119. The van der Waals surface area contributed by atoms with E-state index in [1.54, 1.807) is 24.3 Å². The van der Waals surface area contributed by atoms with Gasteiger partial charge in [0.25, 0.3) is 5.91 Å². The molecule has 0 heterocycles. The first kappa shape index (κ1) is 16.1. The lowest BCUT2D eigenvalue weighted by atomic mass is 10.2. The summed E-state index contributed by atoms with van der Waals surface area (Å²) in [4.78, 5) is 24.6. The Labute approximate surface area is 133 Å². The molecule has 0 aliphatic heterocycles. The summed E-state index contributed by atoms with van der Waals surface area (Å²) in [5, 5.41) is 2.68. The Morgan fingerprint density at radius 3 is 2.45 bits per heavy atom. The first-order chi connectivity index (χ1) is 10.6. The topological polar surface area (TPSA) is 55.4 Å². The highest BCUT2D eigenvalue weighted by Gasteiger charge is 2.13. The predicted molar refractivity (Wildman–Crippen MR) is 88.3 cm³/mol. The molecule has 0 aliphatic rings. The Balaban J connectivity index is 1.90. The van der Waals surface area contributed by atoms with Crippen LogP contribution in [0.5, 0.6) is 0 Å². The van der Waals surface area contributed by atoms with Gasteiger partial charge in [-0.25, -0.2) is 4.79 Å². The van der Waals surface area contributed by atoms with Crippen LogP contribution in [0.1, 0.15) is 15.9 Å². The van der Waals surface area contributed by atoms with Gasteiger partial charge in [-0.3, -0.25) is 4.79 Å². The van der Waals surface area contributed by atoms with Gasteiger partial charge in [0.2, 0.25) is 0 Å². The second kappa shape index (κ2) is 7.66. The third kappa shape index (κ3) is 4.36. The lowest BCUT2D eigenvalue weighted by Crippen LogP contribution is -2.21. The number of benzene rings is 2. The first-order valence-corrected chi connectivity index (χ1v) is 7.99. The van der Waals surface area contributed by atoms with Crippen molar-refractivity contribution in [3.8, 4) is 0 Å². The van der Waals surface area contributed by atoms with Crippen molar-refractivity contribution in [3.63, 3.8) is 0 Å². The van der Waals surface area contributed by atoms with Crippen LogP contribution in [-0.4, -0.2) is 24.7 Å². The molecule has 4 nitrogen and oxygen atoms in total. The Morgan fingerprint density at radius 1 is 1.09 bits per heavy atom. The van der Waals surface area contributed by atoms with Gasteiger partial charge >= 0.3 is 5.97 Å². The molecular weight excluding hydrogens is 298 g/mol. The highest BCUT2D eigenvalue weighted by molar-refractivity contribution is 7.98. The van der Waals surface area contributed by atoms with E-state index < -0.39 is 5.97 Å². The largest absolute Gasteiger partial charge is 0.452 e. The molecule has 0 bridgehead atoms. The average molecular weight is 315 g/mol. The molecule has 0 radical (unpaired) electrons. The quantitative estimate of drug-likeness (QED) is 0.677. The van der Waals surface area contributed by atoms with Gasteiger partial charge in [-0.15, -0.1) is 11.8 Å². The van der Waals surface area contributed by atoms with Crippen LogP contribution in [0, 0.1) is 6.92 Å². The highest BCUT2D eigenvalue weighted by atomic mass is 32.2. The number of carbonyl (C=O) groups is 2. The van der Waals surface area contributed by atoms with Crippen molar-refractivity contribution in [1.82, 2.24) is 0 Å². The van der Waals surface area contributed by atoms with Gasteiger partial charge in [-0.1, -0.05) is 29.8 Å². The molecule has 2 aromatic carbocycles. The fourth-order valence-corrected chi connectivity index (χ4v) is 2.44. The number of aryl methyl sites for hydroxylation is 1. The Morgan fingerprint density at radius 2 is 1.77 bits per heavy atom. The lowest BCUT2D eigenvalue weighted by Gasteiger charge is -2.08. The molecule has 22 heavy (non-hydrogen) atoms. The number of carbonyl (C=O) groups excluding carboxylic acids is 2. The van der Waals surface area contributed by atoms with Crippen LogP contribution in [0.4, 0.5) is 5.69 Å². The van der Waals surface area contributed by atoms with Crippen molar-refractivity contribution in [2.24, 2.45) is 0 Å². The zero-order valence-corrected chi connectivity index (χ0v) is 13.3. The Kier molecular flexibility index (Phi) is 5.61. The van der Waals surface area contributed by atoms with E-state index in [0.717, 1.165) is 10.5 Å². The molecule has 0 spiro atoms. The standard InChI is InChI=1S/C17H17NO3S/c1-12-7-9-13(10-8-12)18-16(19)11-21-17(20)14-5-3-4-6-15(14)22-2/h3-10H,11H2,1-2H3,(H,18,19). The number of esters is 1. The van der Waals surface area contributed by atoms with Crippen molar-refractivity contribution >= 4 is 29.3 Å². The van der Waals surface area contributed by atoms with Gasteiger partial charge in [0.05, 0.1) is 5.56 Å². The fraction of sp³-hybridized carbons (Fsp3) is 0.176. The molecule has 0 saturated heterocycles. The molecular formula is C17H17NO3S. The summed E-state index contributed by atoms with van der Waals surface area (Å²) in [5.74, 6) is -0.858. The molecule has 0 saturated carbocycles. The molecule has 5 heteroatoms. The minimum Gasteiger partial charge on any atom is -0.452 e. The highest BCUT2D eigenvalue weighted by Crippen LogP contribution is 2.20. The molecule has 1 N–H and O–H groups in total. The molecule has 0 aromatic heterocycles. The smallest absolute Gasteiger partial charge is 0.339 e. The molecule has 2 rings (SSSR count). The van der Waals surface area contributed by atoms with Crippen LogP contribution in [0.15, 0.2) is 53.4 Å². The maximum absolute atomic E-state index is 12.0. The minimum absolute atomic E-state index is 0.310. The van der Waals surface area contributed by atoms with Gasteiger partial charge in [0.15, 0.2) is 6.61 Å². The monoisotopic (exact) mass is 315 g/mol. The van der Waals surface area contributed by atoms with Gasteiger partial charge in [-0.05, 0) is 37.4 Å². The maximum atomic E-state index is 12.0. The number of rotatable bonds is 5. The zero-order chi connectivity index (χ0) is 15.9. The average Bonchev–Trinajstić information content (AvgIpc) is 2.54. The van der Waals surface area contributed by atoms with Crippen molar-refractivity contribution in [2.45, 2.75) is 11.8 Å². The SMILES string of the molecule is CSc1ccccc1C(=O)OCC(=O)Nc1ccc(C)cc1. The summed E-state index contributed by atoms with van der Waals surface area (Å²) in [7, 11) is 0. The Bertz CT molecular complexity index is 668. The molecule has 0 unspecified atom stereocenters. The molecule has 0 aliphatic carbocycles. The number of thioether (sulfide) groups is 1. The van der Waals surface area contributed by atoms with Gasteiger partial charge in [0.1, 0.15) is 0 Å². The maximum Gasteiger partial charge on any atom is 0.339 e. The van der Waals surface area contributed by atoms with E-state index in [1.165, 1.54) is 11.8 Å². The van der Waals surface area contributed by atoms with E-state index >= 15 is 0 Å². The molecule has 114 valence electrons. The van der Waals surface area contributed by atoms with E-state index in [2.05, 4.69) is 5.32 Å². The fourth-order valence-electron chi connectivity index (χ4n) is 1.86. The van der Waals surface area contributed by atoms with Gasteiger partial charge in [0, 0.05) is 10.6 Å². The molecule has 1 amide bonds. The molecule has 2 aromatic rings. The number of ether oxygens (including phenoxy) is 1. The van der Waals surface area contributed by atoms with Gasteiger partial charge in [-0.2, -0.15) is 0 Å². The van der Waals surface area contributed by atoms with E-state index in [-0.39, 0.29) is 12.5 Å². The summed E-state index contributed by atoms with van der Waals surface area (Å²) in [6, 6.07) is 14.6. The van der Waals surface area contributed by atoms with E-state index in [4.69, 9.17) is 4.74 Å². The second-order valence-corrected chi connectivity index (χ2v) is 5.54. The normalized spacial score (nSPS) is 10.1. The third-order valence-electron chi connectivity index (χ3n) is 3.00. The molecule has 0 fully saturated rings.